The molecule has 1 aromatic carbocycles. The number of methoxy groups -OCH3 is 1. The maximum absolute atomic E-state index is 11.1. The molecule has 2 heterocycles. The van der Waals surface area contributed by atoms with Crippen LogP contribution in [0, 0.1) is 6.92 Å². The molecule has 3 rings (SSSR count). The Kier molecular flexibility index (Phi) is 5.34. The molecule has 0 aliphatic heterocycles. The minimum absolute atomic E-state index is 0.152. The first-order valence-electron chi connectivity index (χ1n) is 7.46. The summed E-state index contributed by atoms with van der Waals surface area (Å²) in [5.41, 5.74) is 3.24. The normalized spacial score (nSPS) is 10.7. The Morgan fingerprint density at radius 3 is 2.92 bits per heavy atom. The molecule has 0 radical (unpaired) electrons. The molecule has 0 aliphatic carbocycles. The van der Waals surface area contributed by atoms with Gasteiger partial charge in [-0.25, -0.2) is 4.98 Å². The molecule has 130 valence electrons. The summed E-state index contributed by atoms with van der Waals surface area (Å²) >= 11 is 2.92. The third kappa shape index (κ3) is 4.18. The number of thioether (sulfide) groups is 1. The zero-order valence-corrected chi connectivity index (χ0v) is 15.6. The van der Waals surface area contributed by atoms with Crippen molar-refractivity contribution in [1.82, 2.24) is 19.7 Å². The lowest BCUT2D eigenvalue weighted by Gasteiger charge is -2.14. The van der Waals surface area contributed by atoms with Crippen LogP contribution in [0.3, 0.4) is 0 Å². The van der Waals surface area contributed by atoms with Crippen LogP contribution < -0.4 is 10.1 Å². The van der Waals surface area contributed by atoms with E-state index >= 15 is 0 Å². The van der Waals surface area contributed by atoms with Crippen LogP contribution in [0.5, 0.6) is 5.75 Å². The van der Waals surface area contributed by atoms with E-state index in [2.05, 4.69) is 33.5 Å². The summed E-state index contributed by atoms with van der Waals surface area (Å²) < 4.78 is 8.31. The molecule has 7 nitrogen and oxygen atoms in total. The average molecular weight is 375 g/mol. The highest BCUT2D eigenvalue weighted by Crippen LogP contribution is 2.34. The molecule has 0 fully saturated rings. The van der Waals surface area contributed by atoms with Crippen LogP contribution >= 0.6 is 23.1 Å². The van der Waals surface area contributed by atoms with Crippen LogP contribution in [0.2, 0.25) is 0 Å². The summed E-state index contributed by atoms with van der Waals surface area (Å²) in [6, 6.07) is 4.09. The molecule has 0 atom stereocenters. The van der Waals surface area contributed by atoms with Crippen LogP contribution in [0.15, 0.2) is 35.2 Å². The number of amides is 1. The van der Waals surface area contributed by atoms with Gasteiger partial charge < -0.3 is 14.6 Å². The summed E-state index contributed by atoms with van der Waals surface area (Å²) in [6.07, 6.45) is 5.40. The average Bonchev–Trinajstić information content (AvgIpc) is 3.24. The Bertz CT molecular complexity index is 877. The molecule has 0 unspecified atom stereocenters. The maximum atomic E-state index is 11.1. The van der Waals surface area contributed by atoms with Crippen LogP contribution in [-0.2, 0) is 10.5 Å². The molecular formula is C16H17N5O2S2. The van der Waals surface area contributed by atoms with Gasteiger partial charge in [0.2, 0.25) is 11.0 Å². The second-order valence-electron chi connectivity index (χ2n) is 5.26. The number of hydrogen-bond donors (Lipinski definition) is 1. The van der Waals surface area contributed by atoms with E-state index < -0.39 is 0 Å². The van der Waals surface area contributed by atoms with Crippen molar-refractivity contribution >= 4 is 34.1 Å². The number of aromatic nitrogens is 4. The smallest absolute Gasteiger partial charge is 0.223 e. The molecule has 9 heteroatoms. The van der Waals surface area contributed by atoms with Crippen LogP contribution in [0.1, 0.15) is 18.1 Å². The fourth-order valence-electron chi connectivity index (χ4n) is 2.30. The Hall–Kier alpha value is -2.39. The lowest BCUT2D eigenvalue weighted by atomic mass is 10.1. The minimum atomic E-state index is -0.152. The monoisotopic (exact) mass is 375 g/mol. The highest BCUT2D eigenvalue weighted by Gasteiger charge is 2.13. The molecule has 0 aliphatic rings. The quantitative estimate of drug-likeness (QED) is 0.526. The van der Waals surface area contributed by atoms with Crippen LogP contribution in [0.4, 0.5) is 5.13 Å². The number of carbonyl (C=O) groups is 1. The zero-order chi connectivity index (χ0) is 17.8. The molecule has 0 saturated heterocycles. The summed E-state index contributed by atoms with van der Waals surface area (Å²) in [4.78, 5) is 15.1. The summed E-state index contributed by atoms with van der Waals surface area (Å²) in [5, 5.41) is 11.2. The number of aryl methyl sites for hydroxylation is 1. The second kappa shape index (κ2) is 7.66. The van der Waals surface area contributed by atoms with E-state index in [4.69, 9.17) is 4.74 Å². The van der Waals surface area contributed by atoms with Gasteiger partial charge in [-0.1, -0.05) is 23.1 Å². The van der Waals surface area contributed by atoms with E-state index in [1.807, 2.05) is 16.8 Å². The Morgan fingerprint density at radius 2 is 2.24 bits per heavy atom. The van der Waals surface area contributed by atoms with Crippen molar-refractivity contribution in [3.63, 3.8) is 0 Å². The van der Waals surface area contributed by atoms with E-state index in [9.17, 15) is 4.79 Å². The molecule has 3 aromatic rings. The van der Waals surface area contributed by atoms with Gasteiger partial charge in [-0.05, 0) is 18.6 Å². The number of nitrogens with zero attached hydrogens (tertiary/aromatic N) is 4. The maximum Gasteiger partial charge on any atom is 0.223 e. The summed E-state index contributed by atoms with van der Waals surface area (Å²) in [5.74, 6) is 1.37. The fourth-order valence-corrected chi connectivity index (χ4v) is 4.21. The fraction of sp³-hybridized carbons (Fsp3) is 0.250. The van der Waals surface area contributed by atoms with E-state index in [0.29, 0.717) is 10.9 Å². The summed E-state index contributed by atoms with van der Waals surface area (Å²) in [6.45, 7) is 3.51. The van der Waals surface area contributed by atoms with Gasteiger partial charge in [0.25, 0.3) is 0 Å². The molecule has 1 amide bonds. The highest BCUT2D eigenvalue weighted by molar-refractivity contribution is 8.00. The van der Waals surface area contributed by atoms with E-state index in [0.717, 1.165) is 26.9 Å². The number of nitrogens with one attached hydrogen (secondary N) is 1. The predicted octanol–water partition coefficient (Wildman–Crippen LogP) is 3.29. The molecule has 1 N–H and O–H groups in total. The highest BCUT2D eigenvalue weighted by atomic mass is 32.2. The minimum Gasteiger partial charge on any atom is -0.496 e. The van der Waals surface area contributed by atoms with Gasteiger partial charge in [0.15, 0.2) is 4.34 Å². The van der Waals surface area contributed by atoms with Crippen molar-refractivity contribution < 1.29 is 9.53 Å². The van der Waals surface area contributed by atoms with Crippen molar-refractivity contribution in [1.29, 1.82) is 0 Å². The number of anilines is 1. The SMILES string of the molecule is COc1cc(-n2ccnc2)cc(C)c1CSc1nnc(NC(C)=O)s1. The Labute approximate surface area is 153 Å². The first-order valence-corrected chi connectivity index (χ1v) is 9.26. The molecule has 25 heavy (non-hydrogen) atoms. The number of carbonyl (C=O) groups excluding carboxylic acids is 1. The van der Waals surface area contributed by atoms with Crippen molar-refractivity contribution in [2.24, 2.45) is 0 Å². The van der Waals surface area contributed by atoms with E-state index in [1.165, 1.54) is 18.3 Å². The van der Waals surface area contributed by atoms with Gasteiger partial charge in [0.05, 0.1) is 19.1 Å². The molecule has 2 aromatic heterocycles. The lowest BCUT2D eigenvalue weighted by Crippen LogP contribution is -2.04. The van der Waals surface area contributed by atoms with Gasteiger partial charge in [-0.3, -0.25) is 4.79 Å². The van der Waals surface area contributed by atoms with Crippen molar-refractivity contribution in [2.45, 2.75) is 23.9 Å². The van der Waals surface area contributed by atoms with Crippen molar-refractivity contribution in [2.75, 3.05) is 12.4 Å². The van der Waals surface area contributed by atoms with E-state index in [-0.39, 0.29) is 5.91 Å². The van der Waals surface area contributed by atoms with Gasteiger partial charge in [-0.15, -0.1) is 10.2 Å². The van der Waals surface area contributed by atoms with Crippen LogP contribution in [-0.4, -0.2) is 32.8 Å². The topological polar surface area (TPSA) is 81.9 Å². The Morgan fingerprint density at radius 1 is 1.40 bits per heavy atom. The standard InChI is InChI=1S/C16H17N5O2S2/c1-10-6-12(21-5-4-17-9-21)7-14(23-3)13(10)8-24-16-20-19-15(25-16)18-11(2)22/h4-7,9H,8H2,1-3H3,(H,18,19,22). The third-order valence-electron chi connectivity index (χ3n) is 3.47. The molecule has 0 saturated carbocycles. The first kappa shape index (κ1) is 17.4. The summed E-state index contributed by atoms with van der Waals surface area (Å²) in [7, 11) is 1.67. The Balaban J connectivity index is 1.78. The largest absolute Gasteiger partial charge is 0.496 e. The van der Waals surface area contributed by atoms with Gasteiger partial charge in [-0.2, -0.15) is 0 Å². The number of benzene rings is 1. The molecular weight excluding hydrogens is 358 g/mol. The number of imidazole rings is 1. The van der Waals surface area contributed by atoms with Gasteiger partial charge in [0, 0.05) is 36.7 Å². The number of ether oxygens (including phenoxy) is 1. The first-order chi connectivity index (χ1) is 12.1. The lowest BCUT2D eigenvalue weighted by molar-refractivity contribution is -0.114. The van der Waals surface area contributed by atoms with Crippen LogP contribution in [0.25, 0.3) is 5.69 Å². The number of rotatable bonds is 6. The third-order valence-corrected chi connectivity index (χ3v) is 5.47. The molecule has 0 bridgehead atoms. The zero-order valence-electron chi connectivity index (χ0n) is 14.0. The number of hydrogen-bond acceptors (Lipinski definition) is 7. The van der Waals surface area contributed by atoms with Crippen molar-refractivity contribution in [3.05, 3.63) is 42.0 Å². The van der Waals surface area contributed by atoms with Crippen molar-refractivity contribution in [3.8, 4) is 11.4 Å². The van der Waals surface area contributed by atoms with Gasteiger partial charge in [0.1, 0.15) is 5.75 Å². The van der Waals surface area contributed by atoms with Gasteiger partial charge >= 0.3 is 0 Å². The molecule has 0 spiro atoms. The second-order valence-corrected chi connectivity index (χ2v) is 7.46. The van der Waals surface area contributed by atoms with E-state index in [1.54, 1.807) is 31.4 Å². The predicted molar refractivity (Wildman–Crippen MR) is 98.6 cm³/mol.